The molecule has 1 unspecified atom stereocenters. The number of benzene rings is 1. The van der Waals surface area contributed by atoms with Crippen LogP contribution in [0, 0.1) is 5.92 Å². The van der Waals surface area contributed by atoms with Crippen LogP contribution in [-0.4, -0.2) is 13.1 Å². The van der Waals surface area contributed by atoms with Crippen LogP contribution in [0.5, 0.6) is 0 Å². The summed E-state index contributed by atoms with van der Waals surface area (Å²) in [6.07, 6.45) is 8.32. The number of hydrogen-bond donors (Lipinski definition) is 1. The summed E-state index contributed by atoms with van der Waals surface area (Å²) in [5.74, 6) is 1.53. The molecular weight excluding hydrogens is 218 g/mol. The van der Waals surface area contributed by atoms with Crippen molar-refractivity contribution in [3.8, 4) is 0 Å². The Kier molecular flexibility index (Phi) is 5.00. The van der Waals surface area contributed by atoms with E-state index in [9.17, 15) is 0 Å². The molecule has 0 aliphatic heterocycles. The molecule has 0 saturated carbocycles. The van der Waals surface area contributed by atoms with Crippen molar-refractivity contribution < 1.29 is 0 Å². The Labute approximate surface area is 111 Å². The highest BCUT2D eigenvalue weighted by Crippen LogP contribution is 2.37. The first-order chi connectivity index (χ1) is 8.77. The van der Waals surface area contributed by atoms with Crippen LogP contribution in [0.3, 0.4) is 0 Å². The minimum atomic E-state index is 0.750. The molecule has 0 aromatic heterocycles. The molecular formula is C17H25N. The van der Waals surface area contributed by atoms with Crippen LogP contribution in [0.4, 0.5) is 0 Å². The molecule has 1 aromatic carbocycles. The lowest BCUT2D eigenvalue weighted by Gasteiger charge is -2.29. The van der Waals surface area contributed by atoms with Crippen molar-refractivity contribution in [3.05, 3.63) is 47.5 Å². The van der Waals surface area contributed by atoms with E-state index in [4.69, 9.17) is 0 Å². The summed E-state index contributed by atoms with van der Waals surface area (Å²) >= 11 is 0. The fourth-order valence-electron chi connectivity index (χ4n) is 2.53. The van der Waals surface area contributed by atoms with Gasteiger partial charge < -0.3 is 5.32 Å². The fourth-order valence-corrected chi connectivity index (χ4v) is 2.53. The van der Waals surface area contributed by atoms with E-state index in [0.717, 1.165) is 31.3 Å². The summed E-state index contributed by atoms with van der Waals surface area (Å²) in [6.45, 7) is 6.73. The number of allylic oxidation sites excluding steroid dienone is 1. The van der Waals surface area contributed by atoms with Crippen molar-refractivity contribution in [1.82, 2.24) is 5.32 Å². The third-order valence-electron chi connectivity index (χ3n) is 3.59. The minimum Gasteiger partial charge on any atom is -0.316 e. The SMILES string of the molecule is CC(C)CNCCC=CCC1Cc2ccccc21. The number of fused-ring (bicyclic) bond motifs is 1. The minimum absolute atomic E-state index is 0.750. The molecule has 0 radical (unpaired) electrons. The molecule has 0 heterocycles. The lowest BCUT2D eigenvalue weighted by atomic mass is 9.76. The number of hydrogen-bond acceptors (Lipinski definition) is 1. The average Bonchev–Trinajstić information content (AvgIpc) is 2.32. The molecule has 0 spiro atoms. The number of nitrogens with one attached hydrogen (secondary N) is 1. The van der Waals surface area contributed by atoms with E-state index < -0.39 is 0 Å². The van der Waals surface area contributed by atoms with Gasteiger partial charge in [-0.3, -0.25) is 0 Å². The summed E-state index contributed by atoms with van der Waals surface area (Å²) in [5.41, 5.74) is 3.12. The smallest absolute Gasteiger partial charge is 0.00142 e. The third-order valence-corrected chi connectivity index (χ3v) is 3.59. The zero-order chi connectivity index (χ0) is 12.8. The Morgan fingerprint density at radius 1 is 1.28 bits per heavy atom. The predicted molar refractivity (Wildman–Crippen MR) is 79.0 cm³/mol. The Morgan fingerprint density at radius 3 is 2.89 bits per heavy atom. The van der Waals surface area contributed by atoms with E-state index in [0.29, 0.717) is 0 Å². The Hall–Kier alpha value is -1.08. The van der Waals surface area contributed by atoms with E-state index in [-0.39, 0.29) is 0 Å². The average molecular weight is 243 g/mol. The van der Waals surface area contributed by atoms with Gasteiger partial charge in [-0.15, -0.1) is 0 Å². The molecule has 0 saturated heterocycles. The van der Waals surface area contributed by atoms with Gasteiger partial charge in [-0.1, -0.05) is 50.3 Å². The Morgan fingerprint density at radius 2 is 2.11 bits per heavy atom. The second-order valence-electron chi connectivity index (χ2n) is 5.69. The van der Waals surface area contributed by atoms with E-state index in [2.05, 4.69) is 55.6 Å². The standard InChI is InChI=1S/C17H25N/c1-14(2)13-18-11-7-3-4-8-15-12-16-9-5-6-10-17(15)16/h3-6,9-10,14-15,18H,7-8,11-13H2,1-2H3. The van der Waals surface area contributed by atoms with Gasteiger partial charge in [0.15, 0.2) is 0 Å². The van der Waals surface area contributed by atoms with E-state index >= 15 is 0 Å². The predicted octanol–water partition coefficient (Wildman–Crippen LogP) is 3.91. The molecule has 1 nitrogen and oxygen atoms in total. The van der Waals surface area contributed by atoms with E-state index in [1.165, 1.54) is 12.8 Å². The highest BCUT2D eigenvalue weighted by atomic mass is 14.8. The second-order valence-corrected chi connectivity index (χ2v) is 5.69. The van der Waals surface area contributed by atoms with Crippen molar-refractivity contribution in [2.75, 3.05) is 13.1 Å². The monoisotopic (exact) mass is 243 g/mol. The van der Waals surface area contributed by atoms with Crippen molar-refractivity contribution in [2.45, 2.75) is 39.0 Å². The van der Waals surface area contributed by atoms with Crippen molar-refractivity contribution in [3.63, 3.8) is 0 Å². The lowest BCUT2D eigenvalue weighted by molar-refractivity contribution is 0.556. The molecule has 98 valence electrons. The first kappa shape index (κ1) is 13.4. The Balaban J connectivity index is 1.59. The molecule has 0 fully saturated rings. The van der Waals surface area contributed by atoms with Crippen LogP contribution in [0.1, 0.15) is 43.7 Å². The lowest BCUT2D eigenvalue weighted by Crippen LogP contribution is -2.20. The van der Waals surface area contributed by atoms with Crippen LogP contribution in [0.2, 0.25) is 0 Å². The van der Waals surface area contributed by atoms with Crippen LogP contribution >= 0.6 is 0 Å². The first-order valence-corrected chi connectivity index (χ1v) is 7.21. The zero-order valence-corrected chi connectivity index (χ0v) is 11.7. The molecule has 1 aliphatic rings. The van der Waals surface area contributed by atoms with Gasteiger partial charge in [0.25, 0.3) is 0 Å². The van der Waals surface area contributed by atoms with Crippen LogP contribution in [-0.2, 0) is 6.42 Å². The van der Waals surface area contributed by atoms with Crippen LogP contribution < -0.4 is 5.32 Å². The van der Waals surface area contributed by atoms with Crippen molar-refractivity contribution >= 4 is 0 Å². The van der Waals surface area contributed by atoms with Gasteiger partial charge in [-0.25, -0.2) is 0 Å². The number of rotatable bonds is 7. The topological polar surface area (TPSA) is 12.0 Å². The molecule has 1 atom stereocenters. The van der Waals surface area contributed by atoms with Gasteiger partial charge in [0.05, 0.1) is 0 Å². The molecule has 1 N–H and O–H groups in total. The molecule has 1 heteroatoms. The van der Waals surface area contributed by atoms with Gasteiger partial charge in [-0.2, -0.15) is 0 Å². The molecule has 2 rings (SSSR count). The van der Waals surface area contributed by atoms with Gasteiger partial charge >= 0.3 is 0 Å². The molecule has 0 bridgehead atoms. The second kappa shape index (κ2) is 6.75. The molecule has 1 aromatic rings. The van der Waals surface area contributed by atoms with Gasteiger partial charge in [0.1, 0.15) is 0 Å². The summed E-state index contributed by atoms with van der Waals surface area (Å²) in [5, 5.41) is 3.47. The van der Waals surface area contributed by atoms with Crippen LogP contribution in [0.15, 0.2) is 36.4 Å². The maximum absolute atomic E-state index is 3.47. The van der Waals surface area contributed by atoms with Gasteiger partial charge in [0.2, 0.25) is 0 Å². The summed E-state index contributed by atoms with van der Waals surface area (Å²) in [4.78, 5) is 0. The first-order valence-electron chi connectivity index (χ1n) is 7.21. The fraction of sp³-hybridized carbons (Fsp3) is 0.529. The maximum Gasteiger partial charge on any atom is -0.00142 e. The van der Waals surface area contributed by atoms with Crippen LogP contribution in [0.25, 0.3) is 0 Å². The molecule has 18 heavy (non-hydrogen) atoms. The van der Waals surface area contributed by atoms with E-state index in [1.807, 2.05) is 0 Å². The maximum atomic E-state index is 3.47. The van der Waals surface area contributed by atoms with Crippen molar-refractivity contribution in [2.24, 2.45) is 5.92 Å². The summed E-state index contributed by atoms with van der Waals surface area (Å²) in [7, 11) is 0. The van der Waals surface area contributed by atoms with E-state index in [1.54, 1.807) is 11.1 Å². The Bertz CT molecular complexity index is 392. The third kappa shape index (κ3) is 3.71. The van der Waals surface area contributed by atoms with Gasteiger partial charge in [0, 0.05) is 0 Å². The largest absolute Gasteiger partial charge is 0.316 e. The molecule has 1 aliphatic carbocycles. The normalized spacial score (nSPS) is 18.1. The van der Waals surface area contributed by atoms with Crippen molar-refractivity contribution in [1.29, 1.82) is 0 Å². The summed E-state index contributed by atoms with van der Waals surface area (Å²) < 4.78 is 0. The van der Waals surface area contributed by atoms with Gasteiger partial charge in [-0.05, 0) is 55.3 Å². The molecule has 0 amide bonds. The highest BCUT2D eigenvalue weighted by Gasteiger charge is 2.23. The zero-order valence-electron chi connectivity index (χ0n) is 11.7. The summed E-state index contributed by atoms with van der Waals surface area (Å²) in [6, 6.07) is 8.84. The quantitative estimate of drug-likeness (QED) is 0.565. The highest BCUT2D eigenvalue weighted by molar-refractivity contribution is 5.40.